The standard InChI is InChI=1S/C22H34O6/c1-2-17(23)14-15-20-19(25)16-21(28-20)18(24)12-10-8-6-4-3-5-7-9-11-13-22(26)27/h3-4,7-10,14-15,17-21,23-25H,2,5-6,11-13,16H2,1H3,(H,26,27)/b4-3-,9-7-,10-8-,15-14+/t17-,18-,19+,20+,21-/m0/s1. The molecule has 0 aromatic heterocycles. The van der Waals surface area contributed by atoms with Crippen molar-refractivity contribution < 1.29 is 30.0 Å². The molecule has 1 fully saturated rings. The van der Waals surface area contributed by atoms with Crippen LogP contribution in [0, 0.1) is 0 Å². The first-order chi connectivity index (χ1) is 13.4. The van der Waals surface area contributed by atoms with Crippen molar-refractivity contribution in [1.29, 1.82) is 0 Å². The zero-order chi connectivity index (χ0) is 20.8. The summed E-state index contributed by atoms with van der Waals surface area (Å²) in [5, 5.41) is 38.3. The van der Waals surface area contributed by atoms with E-state index in [0.29, 0.717) is 25.7 Å². The topological polar surface area (TPSA) is 107 Å². The predicted molar refractivity (Wildman–Crippen MR) is 109 cm³/mol. The van der Waals surface area contributed by atoms with Crippen LogP contribution < -0.4 is 0 Å². The molecule has 0 aliphatic carbocycles. The highest BCUT2D eigenvalue weighted by Crippen LogP contribution is 2.25. The summed E-state index contributed by atoms with van der Waals surface area (Å²) in [6, 6.07) is 0. The number of aliphatic hydroxyl groups excluding tert-OH is 3. The monoisotopic (exact) mass is 394 g/mol. The molecule has 6 nitrogen and oxygen atoms in total. The van der Waals surface area contributed by atoms with Crippen LogP contribution in [-0.4, -0.2) is 56.9 Å². The smallest absolute Gasteiger partial charge is 0.303 e. The Morgan fingerprint density at radius 3 is 2.39 bits per heavy atom. The molecule has 6 heteroatoms. The fourth-order valence-electron chi connectivity index (χ4n) is 2.77. The molecule has 28 heavy (non-hydrogen) atoms. The first-order valence-corrected chi connectivity index (χ1v) is 9.98. The molecule has 158 valence electrons. The quantitative estimate of drug-likeness (QED) is 0.358. The number of aliphatic hydroxyl groups is 3. The molecule has 0 bridgehead atoms. The summed E-state index contributed by atoms with van der Waals surface area (Å²) in [6.07, 6.45) is 15.9. The van der Waals surface area contributed by atoms with Crippen LogP contribution in [0.3, 0.4) is 0 Å². The first kappa shape index (κ1) is 24.3. The molecular weight excluding hydrogens is 360 g/mol. The normalized spacial score (nSPS) is 25.5. The van der Waals surface area contributed by atoms with E-state index in [-0.39, 0.29) is 6.42 Å². The number of hydrogen-bond acceptors (Lipinski definition) is 5. The van der Waals surface area contributed by atoms with Crippen molar-refractivity contribution in [2.45, 2.75) is 82.4 Å². The second-order valence-electron chi connectivity index (χ2n) is 6.92. The Labute approximate surface area is 167 Å². The summed E-state index contributed by atoms with van der Waals surface area (Å²) in [5.74, 6) is -0.785. The summed E-state index contributed by atoms with van der Waals surface area (Å²) < 4.78 is 5.70. The van der Waals surface area contributed by atoms with Crippen LogP contribution >= 0.6 is 0 Å². The van der Waals surface area contributed by atoms with E-state index in [4.69, 9.17) is 9.84 Å². The minimum absolute atomic E-state index is 0.157. The molecule has 4 N–H and O–H groups in total. The molecule has 1 rings (SSSR count). The average molecular weight is 395 g/mol. The second-order valence-corrected chi connectivity index (χ2v) is 6.92. The number of allylic oxidation sites excluding steroid dienone is 5. The van der Waals surface area contributed by atoms with Gasteiger partial charge in [0.2, 0.25) is 0 Å². The lowest BCUT2D eigenvalue weighted by Crippen LogP contribution is -2.25. The van der Waals surface area contributed by atoms with Gasteiger partial charge in [0.1, 0.15) is 6.10 Å². The minimum atomic E-state index is -0.785. The van der Waals surface area contributed by atoms with Crippen LogP contribution in [0.4, 0.5) is 0 Å². The largest absolute Gasteiger partial charge is 0.481 e. The first-order valence-electron chi connectivity index (χ1n) is 9.98. The number of carboxylic acids is 1. The summed E-state index contributed by atoms with van der Waals surface area (Å²) in [6.45, 7) is 1.87. The average Bonchev–Trinajstić information content (AvgIpc) is 3.04. The fraction of sp³-hybridized carbons (Fsp3) is 0.591. The van der Waals surface area contributed by atoms with Gasteiger partial charge >= 0.3 is 5.97 Å². The lowest BCUT2D eigenvalue weighted by molar-refractivity contribution is -0.136. The Morgan fingerprint density at radius 1 is 1.11 bits per heavy atom. The summed E-state index contributed by atoms with van der Waals surface area (Å²) in [5.41, 5.74) is 0. The minimum Gasteiger partial charge on any atom is -0.481 e. The van der Waals surface area contributed by atoms with Crippen LogP contribution in [0.15, 0.2) is 48.6 Å². The van der Waals surface area contributed by atoms with Crippen molar-refractivity contribution in [2.24, 2.45) is 0 Å². The maximum Gasteiger partial charge on any atom is 0.303 e. The molecule has 0 unspecified atom stereocenters. The van der Waals surface area contributed by atoms with E-state index < -0.39 is 36.5 Å². The van der Waals surface area contributed by atoms with Gasteiger partial charge in [-0.05, 0) is 32.1 Å². The summed E-state index contributed by atoms with van der Waals surface area (Å²) in [7, 11) is 0. The van der Waals surface area contributed by atoms with E-state index in [9.17, 15) is 20.1 Å². The maximum absolute atomic E-state index is 10.4. The fourth-order valence-corrected chi connectivity index (χ4v) is 2.77. The molecule has 0 saturated carbocycles. The van der Waals surface area contributed by atoms with Gasteiger partial charge in [-0.3, -0.25) is 4.79 Å². The predicted octanol–water partition coefficient (Wildman–Crippen LogP) is 2.90. The third-order valence-electron chi connectivity index (χ3n) is 4.50. The third kappa shape index (κ3) is 10.6. The Kier molecular flexibility index (Phi) is 12.4. The van der Waals surface area contributed by atoms with Gasteiger partial charge in [-0.25, -0.2) is 0 Å². The van der Waals surface area contributed by atoms with Crippen molar-refractivity contribution >= 4 is 5.97 Å². The van der Waals surface area contributed by atoms with Gasteiger partial charge < -0.3 is 25.2 Å². The van der Waals surface area contributed by atoms with Gasteiger partial charge in [0.25, 0.3) is 0 Å². The van der Waals surface area contributed by atoms with Crippen LogP contribution in [0.25, 0.3) is 0 Å². The van der Waals surface area contributed by atoms with E-state index in [1.54, 1.807) is 12.2 Å². The lowest BCUT2D eigenvalue weighted by atomic mass is 10.0. The van der Waals surface area contributed by atoms with Gasteiger partial charge in [0.15, 0.2) is 0 Å². The highest BCUT2D eigenvalue weighted by Gasteiger charge is 2.35. The van der Waals surface area contributed by atoms with Crippen LogP contribution in [0.5, 0.6) is 0 Å². The van der Waals surface area contributed by atoms with Gasteiger partial charge in [-0.2, -0.15) is 0 Å². The van der Waals surface area contributed by atoms with E-state index >= 15 is 0 Å². The number of ether oxygens (including phenoxy) is 1. The molecule has 0 amide bonds. The van der Waals surface area contributed by atoms with Crippen molar-refractivity contribution in [3.63, 3.8) is 0 Å². The molecule has 5 atom stereocenters. The van der Waals surface area contributed by atoms with Crippen LogP contribution in [-0.2, 0) is 9.53 Å². The van der Waals surface area contributed by atoms with E-state index in [2.05, 4.69) is 0 Å². The molecular formula is C22H34O6. The number of carboxylic acid groups (broad SMARTS) is 1. The Hall–Kier alpha value is -1.73. The maximum atomic E-state index is 10.4. The second kappa shape index (κ2) is 14.3. The van der Waals surface area contributed by atoms with Gasteiger partial charge in [0, 0.05) is 12.8 Å². The third-order valence-corrected chi connectivity index (χ3v) is 4.50. The molecule has 0 radical (unpaired) electrons. The van der Waals surface area contributed by atoms with Crippen LogP contribution in [0.1, 0.15) is 51.9 Å². The number of rotatable bonds is 13. The highest BCUT2D eigenvalue weighted by atomic mass is 16.5. The molecule has 1 aliphatic rings. The zero-order valence-corrected chi connectivity index (χ0v) is 16.6. The van der Waals surface area contributed by atoms with Crippen molar-refractivity contribution in [3.8, 4) is 0 Å². The Bertz CT molecular complexity index is 551. The number of carbonyl (C=O) groups is 1. The molecule has 0 spiro atoms. The van der Waals surface area contributed by atoms with Crippen molar-refractivity contribution in [3.05, 3.63) is 48.6 Å². The van der Waals surface area contributed by atoms with Crippen molar-refractivity contribution in [1.82, 2.24) is 0 Å². The Morgan fingerprint density at radius 2 is 1.75 bits per heavy atom. The Balaban J connectivity index is 2.22. The van der Waals surface area contributed by atoms with Gasteiger partial charge in [0.05, 0.1) is 24.4 Å². The molecule has 1 aliphatic heterocycles. The lowest BCUT2D eigenvalue weighted by Gasteiger charge is -2.16. The molecule has 1 saturated heterocycles. The summed E-state index contributed by atoms with van der Waals surface area (Å²) >= 11 is 0. The number of hydrogen-bond donors (Lipinski definition) is 4. The van der Waals surface area contributed by atoms with E-state index in [0.717, 1.165) is 12.8 Å². The number of aliphatic carboxylic acids is 1. The van der Waals surface area contributed by atoms with E-state index in [1.807, 2.05) is 43.4 Å². The van der Waals surface area contributed by atoms with Crippen LogP contribution in [0.2, 0.25) is 0 Å². The zero-order valence-electron chi connectivity index (χ0n) is 16.6. The van der Waals surface area contributed by atoms with Crippen molar-refractivity contribution in [2.75, 3.05) is 0 Å². The molecule has 0 aromatic carbocycles. The SMILES string of the molecule is CC[C@H](O)/C=C/[C@H]1O[C@H]([C@@H](O)C/C=C\C/C=C\C/C=C\CCC(=O)O)C[C@H]1O. The highest BCUT2D eigenvalue weighted by molar-refractivity contribution is 5.66. The van der Waals surface area contributed by atoms with Gasteiger partial charge in [-0.1, -0.05) is 55.5 Å². The molecule has 0 aromatic rings. The molecule has 1 heterocycles. The van der Waals surface area contributed by atoms with E-state index in [1.165, 1.54) is 0 Å². The summed E-state index contributed by atoms with van der Waals surface area (Å²) in [4.78, 5) is 10.4. The van der Waals surface area contributed by atoms with Gasteiger partial charge in [-0.15, -0.1) is 0 Å².